The van der Waals surface area contributed by atoms with E-state index in [4.69, 9.17) is 0 Å². The highest BCUT2D eigenvalue weighted by molar-refractivity contribution is 7.90. The maximum atomic E-state index is 12.6. The first-order valence-electron chi connectivity index (χ1n) is 7.15. The number of nitrogens with zero attached hydrogens (tertiary/aromatic N) is 2. The fourth-order valence-electron chi connectivity index (χ4n) is 2.89. The van der Waals surface area contributed by atoms with E-state index in [0.29, 0.717) is 25.7 Å². The van der Waals surface area contributed by atoms with Crippen LogP contribution in [0.4, 0.5) is 5.69 Å². The molecule has 2 fully saturated rings. The summed E-state index contributed by atoms with van der Waals surface area (Å²) in [6, 6.07) is 7.97. The molecule has 2 aliphatic heterocycles. The van der Waals surface area contributed by atoms with Crippen LogP contribution in [0.2, 0.25) is 0 Å². The van der Waals surface area contributed by atoms with Gasteiger partial charge in [0.2, 0.25) is 0 Å². The number of nitrogens with one attached hydrogen (secondary N) is 1. The predicted octanol–water partition coefficient (Wildman–Crippen LogP) is 1.11. The molecule has 0 aromatic heterocycles. The quantitative estimate of drug-likeness (QED) is 0.909. The molecule has 6 heteroatoms. The van der Waals surface area contributed by atoms with Crippen LogP contribution in [0.1, 0.15) is 18.4 Å². The maximum absolute atomic E-state index is 12.6. The maximum Gasteiger partial charge on any atom is 0.304 e. The van der Waals surface area contributed by atoms with E-state index in [1.54, 1.807) is 4.31 Å². The second-order valence-corrected chi connectivity index (χ2v) is 7.42. The van der Waals surface area contributed by atoms with Gasteiger partial charge in [-0.15, -0.1) is 0 Å². The second-order valence-electron chi connectivity index (χ2n) is 5.57. The van der Waals surface area contributed by atoms with E-state index in [1.807, 2.05) is 31.2 Å². The lowest BCUT2D eigenvalue weighted by Gasteiger charge is -2.22. The third-order valence-electron chi connectivity index (χ3n) is 4.07. The average molecular weight is 295 g/mol. The monoisotopic (exact) mass is 295 g/mol. The van der Waals surface area contributed by atoms with Gasteiger partial charge in [0, 0.05) is 25.7 Å². The summed E-state index contributed by atoms with van der Waals surface area (Å²) in [6.07, 6.45) is 2.21. The van der Waals surface area contributed by atoms with Crippen molar-refractivity contribution in [3.8, 4) is 0 Å². The summed E-state index contributed by atoms with van der Waals surface area (Å²) in [5, 5.41) is 3.36. The van der Waals surface area contributed by atoms with Crippen molar-refractivity contribution in [2.75, 3.05) is 30.5 Å². The van der Waals surface area contributed by atoms with Crippen LogP contribution in [0.15, 0.2) is 24.3 Å². The molecule has 1 N–H and O–H groups in total. The molecule has 2 saturated heterocycles. The van der Waals surface area contributed by atoms with Crippen LogP contribution < -0.4 is 9.62 Å². The van der Waals surface area contributed by atoms with Crippen LogP contribution in [0, 0.1) is 6.92 Å². The van der Waals surface area contributed by atoms with Crippen LogP contribution in [-0.4, -0.2) is 44.9 Å². The Labute approximate surface area is 120 Å². The number of benzene rings is 1. The van der Waals surface area contributed by atoms with Crippen LogP contribution in [0.5, 0.6) is 0 Å². The highest BCUT2D eigenvalue weighted by Gasteiger charge is 2.38. The first-order chi connectivity index (χ1) is 9.57. The minimum atomic E-state index is -3.35. The Balaban J connectivity index is 1.76. The van der Waals surface area contributed by atoms with Gasteiger partial charge < -0.3 is 5.32 Å². The van der Waals surface area contributed by atoms with Crippen molar-refractivity contribution < 1.29 is 8.42 Å². The van der Waals surface area contributed by atoms with Gasteiger partial charge in [-0.05, 0) is 38.4 Å². The zero-order chi connectivity index (χ0) is 14.2. The molecule has 1 aromatic carbocycles. The molecule has 0 amide bonds. The van der Waals surface area contributed by atoms with Crippen molar-refractivity contribution in [3.05, 3.63) is 29.8 Å². The molecule has 2 heterocycles. The topological polar surface area (TPSA) is 52.6 Å². The Morgan fingerprint density at radius 1 is 1.25 bits per heavy atom. The minimum Gasteiger partial charge on any atom is -0.313 e. The highest BCUT2D eigenvalue weighted by atomic mass is 32.2. The lowest BCUT2D eigenvalue weighted by Crippen LogP contribution is -2.40. The molecule has 0 saturated carbocycles. The molecule has 0 radical (unpaired) electrons. The van der Waals surface area contributed by atoms with Crippen molar-refractivity contribution in [3.63, 3.8) is 0 Å². The summed E-state index contributed by atoms with van der Waals surface area (Å²) in [6.45, 7) is 4.71. The number of hydrogen-bond donors (Lipinski definition) is 1. The summed E-state index contributed by atoms with van der Waals surface area (Å²) < 4.78 is 28.3. The van der Waals surface area contributed by atoms with E-state index >= 15 is 0 Å². The van der Waals surface area contributed by atoms with Crippen LogP contribution >= 0.6 is 0 Å². The molecular weight excluding hydrogens is 274 g/mol. The lowest BCUT2D eigenvalue weighted by atomic mass is 10.2. The van der Waals surface area contributed by atoms with E-state index < -0.39 is 10.2 Å². The Morgan fingerprint density at radius 2 is 2.00 bits per heavy atom. The van der Waals surface area contributed by atoms with Gasteiger partial charge >= 0.3 is 10.2 Å². The van der Waals surface area contributed by atoms with E-state index in [9.17, 15) is 8.42 Å². The molecule has 2 aliphatic rings. The van der Waals surface area contributed by atoms with Gasteiger partial charge in [0.05, 0.1) is 5.69 Å². The fourth-order valence-corrected chi connectivity index (χ4v) is 4.55. The zero-order valence-electron chi connectivity index (χ0n) is 11.7. The summed E-state index contributed by atoms with van der Waals surface area (Å²) in [5.74, 6) is 0. The van der Waals surface area contributed by atoms with Gasteiger partial charge in [0.25, 0.3) is 0 Å². The molecule has 3 rings (SSSR count). The van der Waals surface area contributed by atoms with Gasteiger partial charge in [-0.1, -0.05) is 17.7 Å². The van der Waals surface area contributed by atoms with Crippen molar-refractivity contribution >= 4 is 15.9 Å². The number of rotatable bonds is 3. The first-order valence-corrected chi connectivity index (χ1v) is 8.55. The van der Waals surface area contributed by atoms with Crippen molar-refractivity contribution in [2.45, 2.75) is 25.8 Å². The van der Waals surface area contributed by atoms with Gasteiger partial charge in [0.15, 0.2) is 0 Å². The van der Waals surface area contributed by atoms with Gasteiger partial charge in [0.1, 0.15) is 0 Å². The molecule has 1 atom stereocenters. The minimum absolute atomic E-state index is 0.308. The summed E-state index contributed by atoms with van der Waals surface area (Å²) >= 11 is 0. The summed E-state index contributed by atoms with van der Waals surface area (Å²) in [5.41, 5.74) is 1.90. The Kier molecular flexibility index (Phi) is 3.70. The van der Waals surface area contributed by atoms with E-state index in [-0.39, 0.29) is 0 Å². The number of hydrogen-bond acceptors (Lipinski definition) is 3. The number of anilines is 1. The average Bonchev–Trinajstić information content (AvgIpc) is 3.01. The van der Waals surface area contributed by atoms with E-state index in [0.717, 1.165) is 30.6 Å². The van der Waals surface area contributed by atoms with Gasteiger partial charge in [-0.2, -0.15) is 12.7 Å². The molecule has 20 heavy (non-hydrogen) atoms. The van der Waals surface area contributed by atoms with Crippen molar-refractivity contribution in [1.29, 1.82) is 0 Å². The molecule has 110 valence electrons. The molecule has 0 bridgehead atoms. The Bertz CT molecular complexity index is 565. The largest absolute Gasteiger partial charge is 0.313 e. The Morgan fingerprint density at radius 3 is 2.65 bits per heavy atom. The molecule has 1 aromatic rings. The fraction of sp³-hybridized carbons (Fsp3) is 0.571. The third-order valence-corrected chi connectivity index (χ3v) is 6.00. The van der Waals surface area contributed by atoms with Crippen LogP contribution in [0.3, 0.4) is 0 Å². The SMILES string of the molecule is Cc1ccc(N2CCN(CC3CCCN3)S2(=O)=O)cc1. The van der Waals surface area contributed by atoms with Gasteiger partial charge in [-0.3, -0.25) is 4.31 Å². The molecule has 1 unspecified atom stereocenters. The molecule has 5 nitrogen and oxygen atoms in total. The standard InChI is InChI=1S/C14H21N3O2S/c1-12-4-6-14(7-5-12)17-10-9-16(20(17,18)19)11-13-3-2-8-15-13/h4-7,13,15H,2-3,8-11H2,1H3. The Hall–Kier alpha value is -1.11. The van der Waals surface area contributed by atoms with E-state index in [1.165, 1.54) is 4.31 Å². The van der Waals surface area contributed by atoms with Crippen molar-refractivity contribution in [2.24, 2.45) is 0 Å². The second kappa shape index (κ2) is 5.35. The molecule has 0 spiro atoms. The summed E-state index contributed by atoms with van der Waals surface area (Å²) in [7, 11) is -3.35. The predicted molar refractivity (Wildman–Crippen MR) is 80.0 cm³/mol. The van der Waals surface area contributed by atoms with E-state index in [2.05, 4.69) is 5.32 Å². The lowest BCUT2D eigenvalue weighted by molar-refractivity contribution is 0.398. The molecule has 0 aliphatic carbocycles. The third kappa shape index (κ3) is 2.55. The zero-order valence-corrected chi connectivity index (χ0v) is 12.6. The summed E-state index contributed by atoms with van der Waals surface area (Å²) in [4.78, 5) is 0. The van der Waals surface area contributed by atoms with Crippen LogP contribution in [0.25, 0.3) is 0 Å². The van der Waals surface area contributed by atoms with Crippen molar-refractivity contribution in [1.82, 2.24) is 9.62 Å². The highest BCUT2D eigenvalue weighted by Crippen LogP contribution is 2.26. The first kappa shape index (κ1) is 13.9. The van der Waals surface area contributed by atoms with Gasteiger partial charge in [-0.25, -0.2) is 0 Å². The molecular formula is C14H21N3O2S. The number of aryl methyl sites for hydroxylation is 1. The smallest absolute Gasteiger partial charge is 0.304 e. The normalized spacial score (nSPS) is 26.2. The van der Waals surface area contributed by atoms with Crippen LogP contribution in [-0.2, 0) is 10.2 Å².